The van der Waals surface area contributed by atoms with Gasteiger partial charge in [0.1, 0.15) is 0 Å². The molecular formula is C14H18O3. The maximum atomic E-state index is 10.9. The van der Waals surface area contributed by atoms with E-state index in [1.807, 2.05) is 24.3 Å². The highest BCUT2D eigenvalue weighted by Crippen LogP contribution is 2.44. The molecule has 0 bridgehead atoms. The van der Waals surface area contributed by atoms with Gasteiger partial charge in [0.05, 0.1) is 6.42 Å². The average molecular weight is 234 g/mol. The first-order valence-corrected chi connectivity index (χ1v) is 6.12. The maximum Gasteiger partial charge on any atom is 0.303 e. The Kier molecular flexibility index (Phi) is 3.79. The van der Waals surface area contributed by atoms with Gasteiger partial charge in [-0.2, -0.15) is 0 Å². The van der Waals surface area contributed by atoms with Crippen molar-refractivity contribution >= 4 is 5.97 Å². The van der Waals surface area contributed by atoms with Gasteiger partial charge in [-0.3, -0.25) is 4.79 Å². The van der Waals surface area contributed by atoms with Crippen molar-refractivity contribution in [3.63, 3.8) is 0 Å². The van der Waals surface area contributed by atoms with Gasteiger partial charge in [0.2, 0.25) is 0 Å². The lowest BCUT2D eigenvalue weighted by Gasteiger charge is -2.14. The quantitative estimate of drug-likeness (QED) is 0.793. The molecule has 1 aliphatic rings. The normalized spacial score (nSPS) is 16.8. The van der Waals surface area contributed by atoms with Crippen molar-refractivity contribution in [2.75, 3.05) is 6.61 Å². The molecule has 2 rings (SSSR count). The zero-order valence-electron chi connectivity index (χ0n) is 9.80. The molecule has 1 saturated carbocycles. The fourth-order valence-corrected chi connectivity index (χ4v) is 2.30. The summed E-state index contributed by atoms with van der Waals surface area (Å²) in [4.78, 5) is 10.9. The standard InChI is InChI=1S/C14H18O3/c15-8-7-10-1-3-11(4-2-10)13(9-14(16)17)12-5-6-12/h1-4,12-13,15H,5-9H2,(H,16,17). The second-order valence-electron chi connectivity index (χ2n) is 4.76. The van der Waals surface area contributed by atoms with Crippen molar-refractivity contribution in [2.24, 2.45) is 5.92 Å². The summed E-state index contributed by atoms with van der Waals surface area (Å²) in [5.41, 5.74) is 2.22. The van der Waals surface area contributed by atoms with Crippen molar-refractivity contribution in [3.8, 4) is 0 Å². The molecule has 2 N–H and O–H groups in total. The van der Waals surface area contributed by atoms with Gasteiger partial charge >= 0.3 is 5.97 Å². The van der Waals surface area contributed by atoms with Crippen LogP contribution in [0.5, 0.6) is 0 Å². The number of benzene rings is 1. The average Bonchev–Trinajstić information content (AvgIpc) is 3.11. The monoisotopic (exact) mass is 234 g/mol. The first kappa shape index (κ1) is 12.1. The Labute approximate surface area is 101 Å². The van der Waals surface area contributed by atoms with Crippen molar-refractivity contribution in [3.05, 3.63) is 35.4 Å². The largest absolute Gasteiger partial charge is 0.481 e. The lowest BCUT2D eigenvalue weighted by Crippen LogP contribution is -2.08. The summed E-state index contributed by atoms with van der Waals surface area (Å²) in [5.74, 6) is -0.00759. The van der Waals surface area contributed by atoms with Gasteiger partial charge in [-0.05, 0) is 42.2 Å². The second kappa shape index (κ2) is 5.32. The molecule has 0 heterocycles. The Morgan fingerprint density at radius 2 is 1.94 bits per heavy atom. The third-order valence-corrected chi connectivity index (χ3v) is 3.39. The number of carboxylic acids is 1. The van der Waals surface area contributed by atoms with Gasteiger partial charge in [0.15, 0.2) is 0 Å². The van der Waals surface area contributed by atoms with Crippen molar-refractivity contribution in [1.82, 2.24) is 0 Å². The van der Waals surface area contributed by atoms with Crippen LogP contribution >= 0.6 is 0 Å². The van der Waals surface area contributed by atoms with Gasteiger partial charge < -0.3 is 10.2 Å². The number of carbonyl (C=O) groups is 1. The SMILES string of the molecule is O=C(O)CC(c1ccc(CCO)cc1)C1CC1. The van der Waals surface area contributed by atoms with E-state index in [0.717, 1.165) is 24.0 Å². The molecule has 1 aromatic carbocycles. The van der Waals surface area contributed by atoms with E-state index in [1.54, 1.807) is 0 Å². The maximum absolute atomic E-state index is 10.9. The topological polar surface area (TPSA) is 57.5 Å². The summed E-state index contributed by atoms with van der Waals surface area (Å²) in [6.07, 6.45) is 3.18. The van der Waals surface area contributed by atoms with Crippen molar-refractivity contribution in [1.29, 1.82) is 0 Å². The Morgan fingerprint density at radius 1 is 1.29 bits per heavy atom. The van der Waals surface area contributed by atoms with E-state index in [4.69, 9.17) is 10.2 Å². The van der Waals surface area contributed by atoms with Gasteiger partial charge in [-0.15, -0.1) is 0 Å². The molecule has 1 aliphatic carbocycles. The molecule has 0 amide bonds. The summed E-state index contributed by atoms with van der Waals surface area (Å²) in [7, 11) is 0. The minimum atomic E-state index is -0.721. The molecule has 0 aliphatic heterocycles. The van der Waals surface area contributed by atoms with Crippen LogP contribution in [-0.2, 0) is 11.2 Å². The number of carboxylic acid groups (broad SMARTS) is 1. The van der Waals surface area contributed by atoms with Gasteiger partial charge in [0.25, 0.3) is 0 Å². The van der Waals surface area contributed by atoms with Crippen LogP contribution in [0.15, 0.2) is 24.3 Å². The lowest BCUT2D eigenvalue weighted by molar-refractivity contribution is -0.137. The fourth-order valence-electron chi connectivity index (χ4n) is 2.30. The van der Waals surface area contributed by atoms with E-state index in [-0.39, 0.29) is 18.9 Å². The van der Waals surface area contributed by atoms with E-state index < -0.39 is 5.97 Å². The molecule has 17 heavy (non-hydrogen) atoms. The highest BCUT2D eigenvalue weighted by atomic mass is 16.4. The van der Waals surface area contributed by atoms with Gasteiger partial charge in [0, 0.05) is 6.61 Å². The number of aliphatic carboxylic acids is 1. The molecule has 0 radical (unpaired) electrons. The Bertz CT molecular complexity index is 379. The smallest absolute Gasteiger partial charge is 0.303 e. The van der Waals surface area contributed by atoms with Crippen LogP contribution < -0.4 is 0 Å². The first-order chi connectivity index (χ1) is 8.20. The Morgan fingerprint density at radius 3 is 2.41 bits per heavy atom. The number of aliphatic hydroxyl groups excluding tert-OH is 1. The summed E-state index contributed by atoms with van der Waals surface area (Å²) >= 11 is 0. The molecule has 92 valence electrons. The molecule has 1 fully saturated rings. The lowest BCUT2D eigenvalue weighted by atomic mass is 9.90. The molecular weight excluding hydrogens is 216 g/mol. The number of rotatable bonds is 6. The predicted molar refractivity (Wildman–Crippen MR) is 64.9 cm³/mol. The van der Waals surface area contributed by atoms with Crippen LogP contribution in [0.2, 0.25) is 0 Å². The van der Waals surface area contributed by atoms with Crippen LogP contribution in [0.1, 0.15) is 36.3 Å². The van der Waals surface area contributed by atoms with E-state index in [1.165, 1.54) is 0 Å². The molecule has 1 unspecified atom stereocenters. The van der Waals surface area contributed by atoms with Crippen LogP contribution in [0, 0.1) is 5.92 Å². The zero-order chi connectivity index (χ0) is 12.3. The third kappa shape index (κ3) is 3.30. The third-order valence-electron chi connectivity index (χ3n) is 3.39. The predicted octanol–water partition coefficient (Wildman–Crippen LogP) is 2.19. The molecule has 0 saturated heterocycles. The number of aliphatic hydroxyl groups is 1. The molecule has 0 aromatic heterocycles. The number of hydrogen-bond donors (Lipinski definition) is 2. The van der Waals surface area contributed by atoms with E-state index in [9.17, 15) is 4.79 Å². The van der Waals surface area contributed by atoms with E-state index >= 15 is 0 Å². The minimum absolute atomic E-state index is 0.153. The summed E-state index contributed by atoms with van der Waals surface area (Å²) < 4.78 is 0. The molecule has 1 atom stereocenters. The Hall–Kier alpha value is -1.35. The summed E-state index contributed by atoms with van der Waals surface area (Å²) in [6.45, 7) is 0.153. The zero-order valence-corrected chi connectivity index (χ0v) is 9.80. The molecule has 3 nitrogen and oxygen atoms in total. The van der Waals surface area contributed by atoms with Crippen molar-refractivity contribution in [2.45, 2.75) is 31.6 Å². The minimum Gasteiger partial charge on any atom is -0.481 e. The number of hydrogen-bond acceptors (Lipinski definition) is 2. The molecule has 1 aromatic rings. The second-order valence-corrected chi connectivity index (χ2v) is 4.76. The van der Waals surface area contributed by atoms with Crippen LogP contribution in [0.25, 0.3) is 0 Å². The van der Waals surface area contributed by atoms with Crippen LogP contribution in [-0.4, -0.2) is 22.8 Å². The first-order valence-electron chi connectivity index (χ1n) is 6.12. The van der Waals surface area contributed by atoms with Gasteiger partial charge in [-0.25, -0.2) is 0 Å². The summed E-state index contributed by atoms with van der Waals surface area (Å²) in [5, 5.41) is 17.8. The molecule has 0 spiro atoms. The van der Waals surface area contributed by atoms with E-state index in [2.05, 4.69) is 0 Å². The summed E-state index contributed by atoms with van der Waals surface area (Å²) in [6, 6.07) is 8.00. The highest BCUT2D eigenvalue weighted by molar-refractivity contribution is 5.68. The van der Waals surface area contributed by atoms with Crippen molar-refractivity contribution < 1.29 is 15.0 Å². The van der Waals surface area contributed by atoms with E-state index in [0.29, 0.717) is 12.3 Å². The highest BCUT2D eigenvalue weighted by Gasteiger charge is 2.33. The van der Waals surface area contributed by atoms with Gasteiger partial charge in [-0.1, -0.05) is 24.3 Å². The molecule has 3 heteroatoms. The Balaban J connectivity index is 2.09. The van der Waals surface area contributed by atoms with Crippen LogP contribution in [0.3, 0.4) is 0 Å². The van der Waals surface area contributed by atoms with Crippen LogP contribution in [0.4, 0.5) is 0 Å². The fraction of sp³-hybridized carbons (Fsp3) is 0.500.